The first-order valence-corrected chi connectivity index (χ1v) is 6.03. The Hall–Kier alpha value is 0.150. The summed E-state index contributed by atoms with van der Waals surface area (Å²) in [6.45, 7) is 4.62. The van der Waals surface area contributed by atoms with Crippen LogP contribution in [0.4, 0.5) is 0 Å². The van der Waals surface area contributed by atoms with Gasteiger partial charge in [0.05, 0.1) is 0 Å². The van der Waals surface area contributed by atoms with E-state index in [0.717, 1.165) is 0 Å². The van der Waals surface area contributed by atoms with E-state index >= 15 is 0 Å². The van der Waals surface area contributed by atoms with Crippen LogP contribution in [0, 0.1) is 11.8 Å². The molecule has 3 fully saturated rings. The predicted octanol–water partition coefficient (Wildman–Crippen LogP) is -0.885. The highest BCUT2D eigenvalue weighted by molar-refractivity contribution is 7.95. The first-order chi connectivity index (χ1) is 6.79. The molecule has 1 aliphatic carbocycles. The normalized spacial score (nSPS) is 57.0. The molecule has 0 amide bonds. The minimum atomic E-state index is 0.527. The highest BCUT2D eigenvalue weighted by Crippen LogP contribution is 2.35. The summed E-state index contributed by atoms with van der Waals surface area (Å²) < 4.78 is 6.92. The van der Waals surface area contributed by atoms with Gasteiger partial charge in [-0.15, -0.1) is 0 Å². The zero-order valence-electron chi connectivity index (χ0n) is 8.37. The Balaban J connectivity index is 1.88. The van der Waals surface area contributed by atoms with Crippen LogP contribution < -0.4 is 25.8 Å². The molecule has 1 saturated carbocycles. The molecule has 0 aromatic heterocycles. The lowest BCUT2D eigenvalue weighted by Gasteiger charge is -2.42. The third-order valence-corrected chi connectivity index (χ3v) is 4.69. The van der Waals surface area contributed by atoms with Crippen LogP contribution in [0.1, 0.15) is 13.8 Å². The second-order valence-electron chi connectivity index (χ2n) is 4.57. The summed E-state index contributed by atoms with van der Waals surface area (Å²) >= 11 is 1.65. The molecule has 2 heterocycles. The van der Waals surface area contributed by atoms with Crippen molar-refractivity contribution in [2.75, 3.05) is 0 Å². The van der Waals surface area contributed by atoms with Crippen molar-refractivity contribution in [3.63, 3.8) is 0 Å². The van der Waals surface area contributed by atoms with Gasteiger partial charge in [-0.3, -0.25) is 0 Å². The van der Waals surface area contributed by atoms with Gasteiger partial charge in [-0.25, -0.2) is 20.3 Å². The fourth-order valence-electron chi connectivity index (χ4n) is 2.94. The van der Waals surface area contributed by atoms with E-state index in [2.05, 4.69) is 39.7 Å². The minimum Gasteiger partial charge on any atom is -0.246 e. The van der Waals surface area contributed by atoms with E-state index in [-0.39, 0.29) is 0 Å². The smallest absolute Gasteiger partial charge is 0.0438 e. The van der Waals surface area contributed by atoms with Crippen LogP contribution in [-0.2, 0) is 0 Å². The summed E-state index contributed by atoms with van der Waals surface area (Å²) in [7, 11) is 0. The fourth-order valence-corrected chi connectivity index (χ4v) is 4.00. The molecular weight excluding hydrogens is 198 g/mol. The third kappa shape index (κ3) is 1.16. The summed E-state index contributed by atoms with van der Waals surface area (Å²) in [5, 5.41) is 0. The number of hydrogen-bond donors (Lipinski definition) is 5. The Labute approximate surface area is 88.4 Å². The van der Waals surface area contributed by atoms with Crippen molar-refractivity contribution in [3.8, 4) is 0 Å². The van der Waals surface area contributed by atoms with E-state index in [1.807, 2.05) is 0 Å². The van der Waals surface area contributed by atoms with Crippen LogP contribution in [0.3, 0.4) is 0 Å². The molecule has 6 heteroatoms. The number of rotatable bonds is 0. The maximum Gasteiger partial charge on any atom is 0.0438 e. The number of nitrogens with one attached hydrogen (secondary N) is 5. The van der Waals surface area contributed by atoms with Crippen LogP contribution in [0.15, 0.2) is 0 Å². The van der Waals surface area contributed by atoms with Gasteiger partial charge >= 0.3 is 0 Å². The Morgan fingerprint density at radius 2 is 1.29 bits per heavy atom. The van der Waals surface area contributed by atoms with Crippen LogP contribution in [0.5, 0.6) is 0 Å². The molecule has 2 saturated heterocycles. The van der Waals surface area contributed by atoms with Gasteiger partial charge in [0.1, 0.15) is 0 Å². The Bertz CT molecular complexity index is 194. The summed E-state index contributed by atoms with van der Waals surface area (Å²) in [5.41, 5.74) is 9.68. The summed E-state index contributed by atoms with van der Waals surface area (Å²) in [4.78, 5) is 0. The lowest BCUT2D eigenvalue weighted by atomic mass is 9.71. The van der Waals surface area contributed by atoms with E-state index in [1.54, 1.807) is 12.1 Å². The van der Waals surface area contributed by atoms with Crippen molar-refractivity contribution in [2.24, 2.45) is 11.8 Å². The number of hydrogen-bond acceptors (Lipinski definition) is 6. The Morgan fingerprint density at radius 1 is 0.786 bits per heavy atom. The molecule has 5 N–H and O–H groups in total. The van der Waals surface area contributed by atoms with Gasteiger partial charge in [-0.1, -0.05) is 13.8 Å². The van der Waals surface area contributed by atoms with Crippen LogP contribution in [0.25, 0.3) is 0 Å². The molecule has 6 atom stereocenters. The van der Waals surface area contributed by atoms with Gasteiger partial charge in [-0.2, -0.15) is 5.53 Å². The van der Waals surface area contributed by atoms with E-state index in [0.29, 0.717) is 36.0 Å². The van der Waals surface area contributed by atoms with Crippen LogP contribution in [0.2, 0.25) is 0 Å². The van der Waals surface area contributed by atoms with Gasteiger partial charge in [-0.05, 0) is 11.8 Å². The van der Waals surface area contributed by atoms with Crippen molar-refractivity contribution in [1.82, 2.24) is 25.8 Å². The van der Waals surface area contributed by atoms with E-state index in [4.69, 9.17) is 0 Å². The molecule has 80 valence electrons. The topological polar surface area (TPSA) is 60.1 Å². The molecule has 6 unspecified atom stereocenters. The van der Waals surface area contributed by atoms with Gasteiger partial charge in [0, 0.05) is 36.3 Å². The third-order valence-electron chi connectivity index (χ3n) is 3.91. The van der Waals surface area contributed by atoms with Crippen molar-refractivity contribution in [2.45, 2.75) is 38.0 Å². The average Bonchev–Trinajstić information content (AvgIpc) is 2.82. The average molecular weight is 215 g/mol. The van der Waals surface area contributed by atoms with E-state index in [9.17, 15) is 0 Å². The van der Waals surface area contributed by atoms with Crippen molar-refractivity contribution >= 4 is 12.1 Å². The summed E-state index contributed by atoms with van der Waals surface area (Å²) in [5.74, 6) is 1.26. The predicted molar refractivity (Wildman–Crippen MR) is 56.7 cm³/mol. The van der Waals surface area contributed by atoms with Gasteiger partial charge in [0.2, 0.25) is 0 Å². The first-order valence-electron chi connectivity index (χ1n) is 5.22. The monoisotopic (exact) mass is 215 g/mol. The zero-order chi connectivity index (χ0) is 9.71. The molecule has 3 rings (SSSR count). The first kappa shape index (κ1) is 9.38. The maximum atomic E-state index is 3.46. The molecule has 0 bridgehead atoms. The lowest BCUT2D eigenvalue weighted by Crippen LogP contribution is -2.62. The number of fused-ring (bicyclic) bond motifs is 2. The van der Waals surface area contributed by atoms with E-state index < -0.39 is 0 Å². The second-order valence-corrected chi connectivity index (χ2v) is 5.25. The molecular formula is C8H17N5S. The highest BCUT2D eigenvalue weighted by atomic mass is 32.2. The quantitative estimate of drug-likeness (QED) is 0.338. The summed E-state index contributed by atoms with van der Waals surface area (Å²) in [6, 6.07) is 2.20. The molecule has 3 aliphatic rings. The Kier molecular flexibility index (Phi) is 2.23. The van der Waals surface area contributed by atoms with Gasteiger partial charge in [0.25, 0.3) is 0 Å². The van der Waals surface area contributed by atoms with Crippen LogP contribution in [-0.4, -0.2) is 24.2 Å². The zero-order valence-corrected chi connectivity index (χ0v) is 9.19. The van der Waals surface area contributed by atoms with E-state index in [1.165, 1.54) is 0 Å². The lowest BCUT2D eigenvalue weighted by molar-refractivity contribution is 0.157. The fraction of sp³-hybridized carbons (Fsp3) is 1.00. The largest absolute Gasteiger partial charge is 0.246 e. The minimum absolute atomic E-state index is 0.527. The van der Waals surface area contributed by atoms with Gasteiger partial charge < -0.3 is 0 Å². The molecule has 0 aromatic carbocycles. The Morgan fingerprint density at radius 3 is 1.79 bits per heavy atom. The maximum absolute atomic E-state index is 3.46. The number of hydrazine groups is 2. The molecule has 14 heavy (non-hydrogen) atoms. The summed E-state index contributed by atoms with van der Waals surface area (Å²) in [6.07, 6.45) is 0. The molecule has 0 spiro atoms. The second kappa shape index (κ2) is 3.33. The van der Waals surface area contributed by atoms with Gasteiger partial charge in [0.15, 0.2) is 0 Å². The van der Waals surface area contributed by atoms with Crippen LogP contribution >= 0.6 is 12.1 Å². The molecule has 2 aliphatic heterocycles. The van der Waals surface area contributed by atoms with Crippen molar-refractivity contribution in [1.29, 1.82) is 0 Å². The molecule has 5 nitrogen and oxygen atoms in total. The van der Waals surface area contributed by atoms with Crippen molar-refractivity contribution in [3.05, 3.63) is 0 Å². The van der Waals surface area contributed by atoms with Crippen molar-refractivity contribution < 1.29 is 0 Å². The SMILES string of the molecule is CC1C2NNNC2C(C)C2NSNC12. The highest BCUT2D eigenvalue weighted by Gasteiger charge is 2.51. The molecule has 0 radical (unpaired) electrons. The standard InChI is InChI=1S/C8H17N5S/c1-3-5-6(10-13-9-5)4(2)8-7(3)11-14-12-8/h3-13H,1-2H3. The molecule has 0 aromatic rings.